The molecule has 13 heteroatoms. The Bertz CT molecular complexity index is 978. The smallest absolute Gasteiger partial charge is 0.410 e. The molecule has 0 bridgehead atoms. The predicted molar refractivity (Wildman–Crippen MR) is 96.8 cm³/mol. The van der Waals surface area contributed by atoms with Crippen LogP contribution in [0.4, 0.5) is 27.6 Å². The summed E-state index contributed by atoms with van der Waals surface area (Å²) in [7, 11) is 1.38. The monoisotopic (exact) mass is 447 g/mol. The van der Waals surface area contributed by atoms with Crippen molar-refractivity contribution in [1.82, 2.24) is 20.1 Å². The second-order valence-electron chi connectivity index (χ2n) is 6.78. The fraction of sp³-hybridized carbons (Fsp3) is 0.444. The number of ether oxygens (including phenoxy) is 1. The molecule has 31 heavy (non-hydrogen) atoms. The predicted octanol–water partition coefficient (Wildman–Crippen LogP) is 2.41. The number of carbonyl (C=O) groups excluding carboxylic acids is 2. The highest BCUT2D eigenvalue weighted by molar-refractivity contribution is 5.92. The van der Waals surface area contributed by atoms with E-state index in [2.05, 4.69) is 20.7 Å². The standard InChI is InChI=1S/C18H18F5N5O3/c1-24-15-11(20)5-9(19)6-12(15)31-8-10(7-29)25-17(30)16-26-14-4-2-3-13(18(21,22)23)28(14)27-16/h5-7,10,13,24H,2-4,8H2,1H3,(H,25,30)/t10-,13?/m1/s1. The van der Waals surface area contributed by atoms with Crippen LogP contribution in [-0.2, 0) is 11.2 Å². The molecule has 1 amide bonds. The van der Waals surface area contributed by atoms with Crippen molar-refractivity contribution in [2.45, 2.75) is 37.5 Å². The summed E-state index contributed by atoms with van der Waals surface area (Å²) in [6.45, 7) is -0.494. The number of aryl methyl sites for hydroxylation is 1. The number of aromatic nitrogens is 3. The van der Waals surface area contributed by atoms with Gasteiger partial charge in [-0.3, -0.25) is 4.79 Å². The van der Waals surface area contributed by atoms with Crippen molar-refractivity contribution in [3.8, 4) is 5.75 Å². The SMILES string of the molecule is CNc1c(F)cc(F)cc1OC[C@@H](C=O)NC(=O)c1nc2n(n1)C(C(F)(F)F)CCC2. The summed E-state index contributed by atoms with van der Waals surface area (Å²) in [6, 6.07) is -1.63. The zero-order valence-electron chi connectivity index (χ0n) is 16.2. The van der Waals surface area contributed by atoms with Gasteiger partial charge in [0.05, 0.1) is 0 Å². The highest BCUT2D eigenvalue weighted by Crippen LogP contribution is 2.37. The summed E-state index contributed by atoms with van der Waals surface area (Å²) < 4.78 is 72.6. The number of halogens is 5. The van der Waals surface area contributed by atoms with Crippen molar-refractivity contribution in [1.29, 1.82) is 0 Å². The third-order valence-electron chi connectivity index (χ3n) is 4.62. The van der Waals surface area contributed by atoms with Gasteiger partial charge in [0.25, 0.3) is 5.91 Å². The van der Waals surface area contributed by atoms with E-state index in [0.29, 0.717) is 17.0 Å². The number of anilines is 1. The number of alkyl halides is 3. The quantitative estimate of drug-likeness (QED) is 0.500. The summed E-state index contributed by atoms with van der Waals surface area (Å²) in [5.41, 5.74) is -0.154. The molecule has 0 saturated carbocycles. The molecule has 3 rings (SSSR count). The first kappa shape index (κ1) is 22.4. The van der Waals surface area contributed by atoms with E-state index in [4.69, 9.17) is 4.74 Å². The van der Waals surface area contributed by atoms with Gasteiger partial charge in [-0.1, -0.05) is 0 Å². The first-order valence-electron chi connectivity index (χ1n) is 9.22. The van der Waals surface area contributed by atoms with Gasteiger partial charge in [0.2, 0.25) is 5.82 Å². The zero-order valence-corrected chi connectivity index (χ0v) is 16.2. The molecule has 0 fully saturated rings. The average molecular weight is 447 g/mol. The number of amides is 1. The lowest BCUT2D eigenvalue weighted by atomic mass is 10.1. The number of rotatable bonds is 7. The largest absolute Gasteiger partial charge is 0.489 e. The Morgan fingerprint density at radius 3 is 2.77 bits per heavy atom. The van der Waals surface area contributed by atoms with Gasteiger partial charge in [-0.15, -0.1) is 5.10 Å². The molecular weight excluding hydrogens is 429 g/mol. The minimum absolute atomic E-state index is 0.0199. The fourth-order valence-corrected chi connectivity index (χ4v) is 3.18. The summed E-state index contributed by atoms with van der Waals surface area (Å²) in [5, 5.41) is 8.37. The number of hydrogen-bond acceptors (Lipinski definition) is 6. The minimum atomic E-state index is -4.54. The second-order valence-corrected chi connectivity index (χ2v) is 6.78. The topological polar surface area (TPSA) is 98.1 Å². The van der Waals surface area contributed by atoms with Crippen molar-refractivity contribution in [3.63, 3.8) is 0 Å². The van der Waals surface area contributed by atoms with Crippen LogP contribution in [0.1, 0.15) is 35.3 Å². The minimum Gasteiger partial charge on any atom is -0.489 e. The van der Waals surface area contributed by atoms with Crippen molar-refractivity contribution in [2.75, 3.05) is 19.0 Å². The molecule has 1 unspecified atom stereocenters. The maximum atomic E-state index is 13.8. The number of aldehydes is 1. The van der Waals surface area contributed by atoms with Crippen molar-refractivity contribution in [2.24, 2.45) is 0 Å². The Kier molecular flexibility index (Phi) is 6.41. The van der Waals surface area contributed by atoms with Crippen molar-refractivity contribution >= 4 is 17.9 Å². The van der Waals surface area contributed by atoms with Gasteiger partial charge in [0.15, 0.2) is 5.82 Å². The molecule has 1 aromatic heterocycles. The van der Waals surface area contributed by atoms with Crippen LogP contribution in [0.15, 0.2) is 12.1 Å². The Balaban J connectivity index is 1.70. The van der Waals surface area contributed by atoms with E-state index in [0.717, 1.165) is 6.07 Å². The van der Waals surface area contributed by atoms with Gasteiger partial charge in [-0.05, 0) is 12.8 Å². The first-order valence-corrected chi connectivity index (χ1v) is 9.22. The molecule has 8 nitrogen and oxygen atoms in total. The third-order valence-corrected chi connectivity index (χ3v) is 4.62. The molecule has 0 aliphatic carbocycles. The molecule has 0 radical (unpaired) electrons. The van der Waals surface area contributed by atoms with E-state index in [1.165, 1.54) is 7.05 Å². The molecule has 0 spiro atoms. The molecule has 0 saturated heterocycles. The number of nitrogens with zero attached hydrogens (tertiary/aromatic N) is 3. The van der Waals surface area contributed by atoms with Gasteiger partial charge in [0.1, 0.15) is 48.1 Å². The van der Waals surface area contributed by atoms with Crippen molar-refractivity contribution in [3.05, 3.63) is 35.4 Å². The molecular formula is C18H18F5N5O3. The van der Waals surface area contributed by atoms with E-state index in [9.17, 15) is 31.5 Å². The van der Waals surface area contributed by atoms with E-state index in [1.54, 1.807) is 0 Å². The summed E-state index contributed by atoms with van der Waals surface area (Å²) in [5.74, 6) is -3.55. The maximum absolute atomic E-state index is 13.8. The molecule has 1 aliphatic heterocycles. The van der Waals surface area contributed by atoms with Crippen molar-refractivity contribution < 1.29 is 36.3 Å². The second kappa shape index (κ2) is 8.86. The van der Waals surface area contributed by atoms with Crippen LogP contribution in [0.25, 0.3) is 0 Å². The third kappa shape index (κ3) is 4.91. The molecule has 2 atom stereocenters. The van der Waals surface area contributed by atoms with Gasteiger partial charge < -0.3 is 20.2 Å². The van der Waals surface area contributed by atoms with Crippen LogP contribution in [-0.4, -0.2) is 52.8 Å². The van der Waals surface area contributed by atoms with Gasteiger partial charge in [-0.25, -0.2) is 18.4 Å². The highest BCUT2D eigenvalue weighted by Gasteiger charge is 2.44. The lowest BCUT2D eigenvalue weighted by Crippen LogP contribution is -2.41. The molecule has 168 valence electrons. The lowest BCUT2D eigenvalue weighted by molar-refractivity contribution is -0.174. The fourth-order valence-electron chi connectivity index (χ4n) is 3.18. The van der Waals surface area contributed by atoms with Crippen LogP contribution in [0.3, 0.4) is 0 Å². The van der Waals surface area contributed by atoms with E-state index in [-0.39, 0.29) is 36.5 Å². The zero-order chi connectivity index (χ0) is 22.8. The number of carbonyl (C=O) groups is 2. The van der Waals surface area contributed by atoms with E-state index >= 15 is 0 Å². The van der Waals surface area contributed by atoms with E-state index < -0.39 is 48.2 Å². The summed E-state index contributed by atoms with van der Waals surface area (Å²) in [4.78, 5) is 27.5. The molecule has 2 heterocycles. The van der Waals surface area contributed by atoms with Gasteiger partial charge >= 0.3 is 6.18 Å². The number of hydrogen-bond donors (Lipinski definition) is 2. The highest BCUT2D eigenvalue weighted by atomic mass is 19.4. The lowest BCUT2D eigenvalue weighted by Gasteiger charge is -2.25. The van der Waals surface area contributed by atoms with Gasteiger partial charge in [-0.2, -0.15) is 13.2 Å². The first-order chi connectivity index (χ1) is 14.6. The number of fused-ring (bicyclic) bond motifs is 1. The van der Waals surface area contributed by atoms with Crippen LogP contribution in [0.5, 0.6) is 5.75 Å². The average Bonchev–Trinajstić information content (AvgIpc) is 3.14. The number of benzene rings is 1. The van der Waals surface area contributed by atoms with Gasteiger partial charge in [0, 0.05) is 25.6 Å². The maximum Gasteiger partial charge on any atom is 0.410 e. The van der Waals surface area contributed by atoms with Crippen LogP contribution in [0, 0.1) is 11.6 Å². The Hall–Kier alpha value is -3.25. The molecule has 1 aromatic carbocycles. The van der Waals surface area contributed by atoms with E-state index in [1.807, 2.05) is 0 Å². The van der Waals surface area contributed by atoms with Crippen LogP contribution >= 0.6 is 0 Å². The Morgan fingerprint density at radius 2 is 2.13 bits per heavy atom. The normalized spacial score (nSPS) is 16.9. The molecule has 2 aromatic rings. The molecule has 1 aliphatic rings. The Labute approximate surface area is 172 Å². The number of nitrogens with one attached hydrogen (secondary N) is 2. The Morgan fingerprint density at radius 1 is 1.39 bits per heavy atom. The van der Waals surface area contributed by atoms with Crippen LogP contribution in [0.2, 0.25) is 0 Å². The molecule has 2 N–H and O–H groups in total. The van der Waals surface area contributed by atoms with Crippen LogP contribution < -0.4 is 15.4 Å². The summed E-state index contributed by atoms with van der Waals surface area (Å²) in [6.07, 6.45) is -3.94. The summed E-state index contributed by atoms with van der Waals surface area (Å²) >= 11 is 0.